The molecule has 26 heavy (non-hydrogen) atoms. The van der Waals surface area contributed by atoms with Gasteiger partial charge in [-0.15, -0.1) is 24.0 Å². The van der Waals surface area contributed by atoms with Crippen LogP contribution < -0.4 is 5.32 Å². The minimum atomic E-state index is 0. The minimum absolute atomic E-state index is 0. The second-order valence-corrected chi connectivity index (χ2v) is 6.71. The summed E-state index contributed by atoms with van der Waals surface area (Å²) in [5.41, 5.74) is 3.44. The summed E-state index contributed by atoms with van der Waals surface area (Å²) in [6, 6.07) is 0. The highest BCUT2D eigenvalue weighted by molar-refractivity contribution is 14.0. The summed E-state index contributed by atoms with van der Waals surface area (Å²) in [7, 11) is 5.56. The van der Waals surface area contributed by atoms with E-state index < -0.39 is 0 Å². The van der Waals surface area contributed by atoms with Gasteiger partial charge >= 0.3 is 0 Å². The van der Waals surface area contributed by atoms with Crippen molar-refractivity contribution in [3.63, 3.8) is 0 Å². The van der Waals surface area contributed by atoms with E-state index in [9.17, 15) is 0 Å². The van der Waals surface area contributed by atoms with E-state index in [0.29, 0.717) is 13.2 Å². The van der Waals surface area contributed by atoms with Crippen molar-refractivity contribution in [3.05, 3.63) is 17.0 Å². The summed E-state index contributed by atoms with van der Waals surface area (Å²) >= 11 is 0. The molecule has 1 fully saturated rings. The van der Waals surface area contributed by atoms with Crippen LogP contribution in [0.1, 0.15) is 29.8 Å². The average molecular weight is 479 g/mol. The Morgan fingerprint density at radius 2 is 2.08 bits per heavy atom. The van der Waals surface area contributed by atoms with Crippen molar-refractivity contribution >= 4 is 29.9 Å². The third-order valence-corrected chi connectivity index (χ3v) is 4.66. The van der Waals surface area contributed by atoms with Gasteiger partial charge in [0, 0.05) is 52.2 Å². The van der Waals surface area contributed by atoms with Crippen molar-refractivity contribution in [2.45, 2.75) is 39.8 Å². The molecule has 0 amide bonds. The smallest absolute Gasteiger partial charge is 0.193 e. The summed E-state index contributed by atoms with van der Waals surface area (Å²) in [6.45, 7) is 8.77. The van der Waals surface area contributed by atoms with Crippen LogP contribution in [0.3, 0.4) is 0 Å². The summed E-state index contributed by atoms with van der Waals surface area (Å²) in [5, 5.41) is 8.04. The molecule has 0 aromatic carbocycles. The van der Waals surface area contributed by atoms with Crippen LogP contribution in [-0.4, -0.2) is 68.2 Å². The summed E-state index contributed by atoms with van der Waals surface area (Å²) in [6.07, 6.45) is 2.66. The lowest BCUT2D eigenvalue weighted by molar-refractivity contribution is 0.115. The Labute approximate surface area is 174 Å². The Hall–Kier alpha value is -0.870. The molecule has 0 saturated heterocycles. The normalized spacial score (nSPS) is 14.3. The van der Waals surface area contributed by atoms with Gasteiger partial charge in [0.2, 0.25) is 0 Å². The molecule has 0 aliphatic heterocycles. The first-order chi connectivity index (χ1) is 12.1. The van der Waals surface area contributed by atoms with Crippen molar-refractivity contribution in [1.82, 2.24) is 20.0 Å². The number of aryl methyl sites for hydroxylation is 1. The van der Waals surface area contributed by atoms with E-state index in [4.69, 9.17) is 9.47 Å². The van der Waals surface area contributed by atoms with Crippen LogP contribution in [0.25, 0.3) is 0 Å². The monoisotopic (exact) mass is 479 g/mol. The van der Waals surface area contributed by atoms with Crippen LogP contribution >= 0.6 is 24.0 Å². The SMILES string of the molecule is CN=C(NCc1c(C)nn(CCOC)c1C)N(C)CCOCC1CC1.I. The zero-order chi connectivity index (χ0) is 18.2. The molecule has 0 unspecified atom stereocenters. The molecular formula is C18H34IN5O2. The number of hydrogen-bond donors (Lipinski definition) is 1. The first-order valence-electron chi connectivity index (χ1n) is 9.08. The summed E-state index contributed by atoms with van der Waals surface area (Å²) < 4.78 is 12.9. The molecule has 1 aromatic rings. The van der Waals surface area contributed by atoms with Gasteiger partial charge < -0.3 is 19.7 Å². The zero-order valence-electron chi connectivity index (χ0n) is 16.7. The lowest BCUT2D eigenvalue weighted by Gasteiger charge is -2.22. The van der Waals surface area contributed by atoms with Crippen LogP contribution in [-0.2, 0) is 22.6 Å². The fourth-order valence-electron chi connectivity index (χ4n) is 2.78. The van der Waals surface area contributed by atoms with Gasteiger partial charge in [0.15, 0.2) is 5.96 Å². The van der Waals surface area contributed by atoms with Crippen molar-refractivity contribution in [2.75, 3.05) is 47.6 Å². The molecule has 1 aromatic heterocycles. The fourth-order valence-corrected chi connectivity index (χ4v) is 2.78. The van der Waals surface area contributed by atoms with Crippen LogP contribution in [0.5, 0.6) is 0 Å². The molecule has 1 aliphatic carbocycles. The second kappa shape index (κ2) is 11.8. The molecule has 1 saturated carbocycles. The molecule has 7 nitrogen and oxygen atoms in total. The minimum Gasteiger partial charge on any atom is -0.383 e. The average Bonchev–Trinajstić information content (AvgIpc) is 3.38. The highest BCUT2D eigenvalue weighted by Crippen LogP contribution is 2.28. The van der Waals surface area contributed by atoms with Crippen molar-refractivity contribution in [3.8, 4) is 0 Å². The number of aromatic nitrogens is 2. The molecule has 150 valence electrons. The van der Waals surface area contributed by atoms with E-state index >= 15 is 0 Å². The van der Waals surface area contributed by atoms with Gasteiger partial charge in [0.05, 0.1) is 25.5 Å². The lowest BCUT2D eigenvalue weighted by Crippen LogP contribution is -2.40. The predicted octanol–water partition coefficient (Wildman–Crippen LogP) is 2.20. The zero-order valence-corrected chi connectivity index (χ0v) is 19.1. The van der Waals surface area contributed by atoms with Gasteiger partial charge in [-0.05, 0) is 32.6 Å². The number of methoxy groups -OCH3 is 1. The number of aliphatic imine (C=N–C) groups is 1. The van der Waals surface area contributed by atoms with Gasteiger partial charge in [-0.25, -0.2) is 0 Å². The first-order valence-corrected chi connectivity index (χ1v) is 9.08. The highest BCUT2D eigenvalue weighted by Gasteiger charge is 2.21. The molecular weight excluding hydrogens is 445 g/mol. The van der Waals surface area contributed by atoms with E-state index in [1.807, 2.05) is 25.7 Å². The molecule has 1 N–H and O–H groups in total. The van der Waals surface area contributed by atoms with Crippen LogP contribution in [0.15, 0.2) is 4.99 Å². The van der Waals surface area contributed by atoms with E-state index in [-0.39, 0.29) is 24.0 Å². The van der Waals surface area contributed by atoms with Crippen LogP contribution in [0, 0.1) is 19.8 Å². The van der Waals surface area contributed by atoms with E-state index in [1.54, 1.807) is 7.11 Å². The number of nitrogens with one attached hydrogen (secondary N) is 1. The highest BCUT2D eigenvalue weighted by atomic mass is 127. The Morgan fingerprint density at radius 3 is 2.69 bits per heavy atom. The molecule has 8 heteroatoms. The molecule has 0 bridgehead atoms. The molecule has 0 spiro atoms. The van der Waals surface area contributed by atoms with E-state index in [0.717, 1.165) is 43.9 Å². The third kappa shape index (κ3) is 7.03. The molecule has 1 heterocycles. The fraction of sp³-hybridized carbons (Fsp3) is 0.778. The molecule has 1 aliphatic rings. The number of nitrogens with zero attached hydrogens (tertiary/aromatic N) is 4. The number of hydrogen-bond acceptors (Lipinski definition) is 4. The second-order valence-electron chi connectivity index (χ2n) is 6.71. The maximum atomic E-state index is 5.72. The molecule has 0 atom stereocenters. The maximum absolute atomic E-state index is 5.72. The van der Waals surface area contributed by atoms with Gasteiger partial charge in [0.25, 0.3) is 0 Å². The van der Waals surface area contributed by atoms with E-state index in [1.165, 1.54) is 24.1 Å². The number of halogens is 1. The third-order valence-electron chi connectivity index (χ3n) is 4.66. The van der Waals surface area contributed by atoms with Crippen LogP contribution in [0.2, 0.25) is 0 Å². The van der Waals surface area contributed by atoms with E-state index in [2.05, 4.69) is 27.2 Å². The van der Waals surface area contributed by atoms with Gasteiger partial charge in [0.1, 0.15) is 0 Å². The summed E-state index contributed by atoms with van der Waals surface area (Å²) in [5.74, 6) is 1.68. The number of ether oxygens (including phenoxy) is 2. The number of likely N-dealkylation sites (N-methyl/N-ethyl adjacent to an activating group) is 1. The largest absolute Gasteiger partial charge is 0.383 e. The molecule has 0 radical (unpaired) electrons. The Kier molecular flexibility index (Phi) is 10.5. The van der Waals surface area contributed by atoms with Crippen molar-refractivity contribution in [2.24, 2.45) is 10.9 Å². The number of rotatable bonds is 10. The quantitative estimate of drug-likeness (QED) is 0.241. The predicted molar refractivity (Wildman–Crippen MR) is 115 cm³/mol. The van der Waals surface area contributed by atoms with Gasteiger partial charge in [-0.3, -0.25) is 9.67 Å². The lowest BCUT2D eigenvalue weighted by atomic mass is 10.2. The van der Waals surface area contributed by atoms with Gasteiger partial charge in [-0.1, -0.05) is 0 Å². The van der Waals surface area contributed by atoms with Gasteiger partial charge in [-0.2, -0.15) is 5.10 Å². The number of guanidine groups is 1. The van der Waals surface area contributed by atoms with Crippen LogP contribution in [0.4, 0.5) is 0 Å². The van der Waals surface area contributed by atoms with Crippen molar-refractivity contribution in [1.29, 1.82) is 0 Å². The standard InChI is InChI=1S/C18H33N5O2.HI/c1-14-17(15(2)23(21-14)9-10-24-5)12-20-18(19-3)22(4)8-11-25-13-16-6-7-16;/h16H,6-13H2,1-5H3,(H,19,20);1H. The Bertz CT molecular complexity index is 572. The first kappa shape index (κ1) is 23.2. The maximum Gasteiger partial charge on any atom is 0.193 e. The topological polar surface area (TPSA) is 63.9 Å². The summed E-state index contributed by atoms with van der Waals surface area (Å²) in [4.78, 5) is 6.48. The molecule has 2 rings (SSSR count). The Balaban J connectivity index is 0.00000338. The van der Waals surface area contributed by atoms with Crippen molar-refractivity contribution < 1.29 is 9.47 Å². The Morgan fingerprint density at radius 1 is 1.35 bits per heavy atom.